The molecule has 1 fully saturated rings. The number of aliphatic imine (C=N–C) groups is 1. The number of hydrogen-bond donors (Lipinski definition) is 1. The molecule has 9 heteroatoms. The van der Waals surface area contributed by atoms with Crippen LogP contribution in [0.25, 0.3) is 6.08 Å². The SMILES string of the molecule is C#CCOc1c(Br)cc(C=C2SC(=Nc3cccc(C(=O)O)c3)N(CC)C2=O)cc1OC. The first kappa shape index (κ1) is 23.4. The number of terminal acetylenes is 1. The van der Waals surface area contributed by atoms with Crippen molar-refractivity contribution in [1.29, 1.82) is 0 Å². The molecule has 1 saturated heterocycles. The molecule has 0 spiro atoms. The largest absolute Gasteiger partial charge is 0.493 e. The van der Waals surface area contributed by atoms with Gasteiger partial charge in [-0.15, -0.1) is 6.42 Å². The van der Waals surface area contributed by atoms with Crippen LogP contribution in [0.15, 0.2) is 50.8 Å². The Bertz CT molecular complexity index is 1170. The zero-order chi connectivity index (χ0) is 23.3. The normalized spacial score (nSPS) is 15.8. The number of carboxylic acids is 1. The molecule has 0 aliphatic carbocycles. The Hall–Kier alpha value is -3.22. The highest BCUT2D eigenvalue weighted by atomic mass is 79.9. The number of methoxy groups -OCH3 is 1. The highest BCUT2D eigenvalue weighted by molar-refractivity contribution is 9.10. The third-order valence-electron chi connectivity index (χ3n) is 4.37. The summed E-state index contributed by atoms with van der Waals surface area (Å²) in [6.07, 6.45) is 7.00. The number of amidine groups is 1. The van der Waals surface area contributed by atoms with E-state index in [0.29, 0.717) is 38.3 Å². The van der Waals surface area contributed by atoms with Crippen LogP contribution in [0, 0.1) is 12.3 Å². The molecule has 32 heavy (non-hydrogen) atoms. The van der Waals surface area contributed by atoms with Gasteiger partial charge >= 0.3 is 5.97 Å². The fourth-order valence-corrected chi connectivity index (χ4v) is 4.55. The number of carbonyl (C=O) groups is 2. The number of thioether (sulfide) groups is 1. The molecule has 2 aromatic carbocycles. The molecule has 0 bridgehead atoms. The second kappa shape index (κ2) is 10.4. The molecular weight excluding hydrogens is 496 g/mol. The molecule has 1 heterocycles. The van der Waals surface area contributed by atoms with Crippen molar-refractivity contribution in [2.45, 2.75) is 6.92 Å². The minimum absolute atomic E-state index is 0.0953. The zero-order valence-corrected chi connectivity index (χ0v) is 19.7. The lowest BCUT2D eigenvalue weighted by molar-refractivity contribution is -0.122. The lowest BCUT2D eigenvalue weighted by atomic mass is 10.2. The van der Waals surface area contributed by atoms with Gasteiger partial charge in [0.15, 0.2) is 16.7 Å². The van der Waals surface area contributed by atoms with Crippen molar-refractivity contribution in [2.75, 3.05) is 20.3 Å². The first-order valence-electron chi connectivity index (χ1n) is 9.45. The highest BCUT2D eigenvalue weighted by Gasteiger charge is 2.32. The molecule has 0 aromatic heterocycles. The summed E-state index contributed by atoms with van der Waals surface area (Å²) >= 11 is 4.68. The van der Waals surface area contributed by atoms with Crippen LogP contribution in [0.2, 0.25) is 0 Å². The van der Waals surface area contributed by atoms with E-state index >= 15 is 0 Å². The van der Waals surface area contributed by atoms with Crippen molar-refractivity contribution in [2.24, 2.45) is 4.99 Å². The predicted molar refractivity (Wildman–Crippen MR) is 128 cm³/mol. The van der Waals surface area contributed by atoms with Crippen LogP contribution in [0.3, 0.4) is 0 Å². The van der Waals surface area contributed by atoms with E-state index in [0.717, 1.165) is 5.56 Å². The minimum atomic E-state index is -1.04. The van der Waals surface area contributed by atoms with E-state index in [9.17, 15) is 14.7 Å². The van der Waals surface area contributed by atoms with Gasteiger partial charge in [0.05, 0.1) is 27.7 Å². The van der Waals surface area contributed by atoms with Gasteiger partial charge in [-0.1, -0.05) is 12.0 Å². The molecule has 164 valence electrons. The van der Waals surface area contributed by atoms with Crippen LogP contribution in [-0.4, -0.2) is 47.3 Å². The van der Waals surface area contributed by atoms with Gasteiger partial charge in [-0.3, -0.25) is 9.69 Å². The van der Waals surface area contributed by atoms with Gasteiger partial charge in [-0.05, 0) is 76.6 Å². The summed E-state index contributed by atoms with van der Waals surface area (Å²) in [6.45, 7) is 2.37. The number of rotatable bonds is 7. The zero-order valence-electron chi connectivity index (χ0n) is 17.3. The number of aromatic carboxylic acids is 1. The molecule has 1 N–H and O–H groups in total. The van der Waals surface area contributed by atoms with Crippen molar-refractivity contribution in [3.05, 3.63) is 56.9 Å². The number of amides is 1. The molecular formula is C23H19BrN2O5S. The average molecular weight is 515 g/mol. The Labute approximate surface area is 198 Å². The van der Waals surface area contributed by atoms with Gasteiger partial charge in [0, 0.05) is 6.54 Å². The maximum atomic E-state index is 12.9. The molecule has 1 aliphatic heterocycles. The van der Waals surface area contributed by atoms with Crippen LogP contribution in [0.1, 0.15) is 22.8 Å². The predicted octanol–water partition coefficient (Wildman–Crippen LogP) is 4.79. The fourth-order valence-electron chi connectivity index (χ4n) is 2.92. The van der Waals surface area contributed by atoms with Gasteiger partial charge < -0.3 is 14.6 Å². The van der Waals surface area contributed by atoms with Crippen LogP contribution < -0.4 is 9.47 Å². The third kappa shape index (κ3) is 5.15. The van der Waals surface area contributed by atoms with Crippen molar-refractivity contribution < 1.29 is 24.2 Å². The first-order valence-corrected chi connectivity index (χ1v) is 11.1. The Morgan fingerprint density at radius 1 is 1.38 bits per heavy atom. The van der Waals surface area contributed by atoms with Crippen LogP contribution >= 0.6 is 27.7 Å². The first-order chi connectivity index (χ1) is 15.4. The molecule has 0 saturated carbocycles. The van der Waals surface area contributed by atoms with Gasteiger partial charge in [-0.25, -0.2) is 9.79 Å². The lowest BCUT2D eigenvalue weighted by Gasteiger charge is -2.12. The Kier molecular flexibility index (Phi) is 7.62. The Morgan fingerprint density at radius 2 is 2.16 bits per heavy atom. The van der Waals surface area contributed by atoms with Crippen molar-refractivity contribution in [3.63, 3.8) is 0 Å². The van der Waals surface area contributed by atoms with Gasteiger partial charge in [0.1, 0.15) is 6.61 Å². The summed E-state index contributed by atoms with van der Waals surface area (Å²) in [4.78, 5) is 30.7. The van der Waals surface area contributed by atoms with E-state index < -0.39 is 5.97 Å². The van der Waals surface area contributed by atoms with E-state index in [1.165, 1.54) is 31.0 Å². The quantitative estimate of drug-likeness (QED) is 0.422. The second-order valence-electron chi connectivity index (χ2n) is 6.44. The summed E-state index contributed by atoms with van der Waals surface area (Å²) in [5.41, 5.74) is 1.31. The maximum absolute atomic E-state index is 12.9. The smallest absolute Gasteiger partial charge is 0.335 e. The fraction of sp³-hybridized carbons (Fsp3) is 0.174. The number of halogens is 1. The van der Waals surface area contributed by atoms with E-state index in [1.54, 1.807) is 35.2 Å². The molecule has 3 rings (SSSR count). The summed E-state index contributed by atoms with van der Waals surface area (Å²) in [7, 11) is 1.52. The minimum Gasteiger partial charge on any atom is -0.493 e. The molecule has 7 nitrogen and oxygen atoms in total. The van der Waals surface area contributed by atoms with E-state index in [-0.39, 0.29) is 18.1 Å². The monoisotopic (exact) mass is 514 g/mol. The van der Waals surface area contributed by atoms with E-state index in [1.807, 2.05) is 6.92 Å². The van der Waals surface area contributed by atoms with Crippen LogP contribution in [0.5, 0.6) is 11.5 Å². The number of carboxylic acid groups (broad SMARTS) is 1. The third-order valence-corrected chi connectivity index (χ3v) is 5.97. The number of benzene rings is 2. The van der Waals surface area contributed by atoms with Crippen LogP contribution in [-0.2, 0) is 4.79 Å². The standard InChI is InChI=1S/C23H19BrN2O5S/c1-4-9-31-20-17(24)10-14(11-18(20)30-3)12-19-21(27)26(5-2)23(32-19)25-16-8-6-7-15(13-16)22(28)29/h1,6-8,10-13H,5,9H2,2-3H3,(H,28,29). The number of nitrogens with zero attached hydrogens (tertiary/aromatic N) is 2. The summed E-state index contributed by atoms with van der Waals surface area (Å²) < 4.78 is 11.6. The Balaban J connectivity index is 1.95. The number of likely N-dealkylation sites (N-methyl/N-ethyl adjacent to an activating group) is 1. The highest BCUT2D eigenvalue weighted by Crippen LogP contribution is 2.39. The molecule has 0 unspecified atom stereocenters. The molecule has 2 aromatic rings. The summed E-state index contributed by atoms with van der Waals surface area (Å²) in [6, 6.07) is 9.81. The average Bonchev–Trinajstić information content (AvgIpc) is 3.06. The molecule has 1 amide bonds. The molecule has 0 radical (unpaired) electrons. The van der Waals surface area contributed by atoms with Crippen molar-refractivity contribution in [1.82, 2.24) is 4.90 Å². The van der Waals surface area contributed by atoms with Gasteiger partial charge in [0.2, 0.25) is 0 Å². The van der Waals surface area contributed by atoms with Crippen LogP contribution in [0.4, 0.5) is 5.69 Å². The number of ether oxygens (including phenoxy) is 2. The number of carbonyl (C=O) groups excluding carboxylic acids is 1. The van der Waals surface area contributed by atoms with Crippen molar-refractivity contribution in [3.8, 4) is 23.8 Å². The number of hydrogen-bond acceptors (Lipinski definition) is 6. The summed E-state index contributed by atoms with van der Waals surface area (Å²) in [5, 5.41) is 9.67. The lowest BCUT2D eigenvalue weighted by Crippen LogP contribution is -2.28. The maximum Gasteiger partial charge on any atom is 0.335 e. The summed E-state index contributed by atoms with van der Waals surface area (Å²) in [5.74, 6) is 2.14. The van der Waals surface area contributed by atoms with Crippen molar-refractivity contribution >= 4 is 56.5 Å². The molecule has 0 atom stereocenters. The molecule has 1 aliphatic rings. The second-order valence-corrected chi connectivity index (χ2v) is 8.30. The van der Waals surface area contributed by atoms with Gasteiger partial charge in [0.25, 0.3) is 5.91 Å². The topological polar surface area (TPSA) is 88.4 Å². The van der Waals surface area contributed by atoms with E-state index in [2.05, 4.69) is 26.8 Å². The van der Waals surface area contributed by atoms with E-state index in [4.69, 9.17) is 15.9 Å². The Morgan fingerprint density at radius 3 is 2.81 bits per heavy atom. The van der Waals surface area contributed by atoms with Gasteiger partial charge in [-0.2, -0.15) is 0 Å².